The van der Waals surface area contributed by atoms with Gasteiger partial charge in [-0.3, -0.25) is 10.7 Å². The molecule has 1 aliphatic heterocycles. The molecule has 1 heterocycles. The highest BCUT2D eigenvalue weighted by molar-refractivity contribution is 9.10. The molecule has 4 N–H and O–H groups in total. The van der Waals surface area contributed by atoms with Gasteiger partial charge >= 0.3 is 0 Å². The number of aliphatic imine (C=N–C) groups is 1. The summed E-state index contributed by atoms with van der Waals surface area (Å²) in [6, 6.07) is 18.8. The second-order valence-electron chi connectivity index (χ2n) is 6.31. The molecule has 5 heteroatoms. The summed E-state index contributed by atoms with van der Waals surface area (Å²) in [4.78, 5) is 4.44. The minimum atomic E-state index is -0.796. The van der Waals surface area contributed by atoms with Gasteiger partial charge in [-0.15, -0.1) is 0 Å². The molecule has 0 aromatic heterocycles. The molecule has 0 bridgehead atoms. The van der Waals surface area contributed by atoms with Crippen LogP contribution in [0.4, 0.5) is 0 Å². The third kappa shape index (κ3) is 4.94. The monoisotopic (exact) mass is 398 g/mol. The van der Waals surface area contributed by atoms with E-state index in [9.17, 15) is 0 Å². The first-order chi connectivity index (χ1) is 12.0. The van der Waals surface area contributed by atoms with Gasteiger partial charge < -0.3 is 10.6 Å². The van der Waals surface area contributed by atoms with Gasteiger partial charge in [0.1, 0.15) is 5.82 Å². The summed E-state index contributed by atoms with van der Waals surface area (Å²) in [5.74, 6) is 0.0959. The first-order valence-electron chi connectivity index (χ1n) is 8.43. The fourth-order valence-electron chi connectivity index (χ4n) is 2.85. The highest BCUT2D eigenvalue weighted by Crippen LogP contribution is 2.19. The Morgan fingerprint density at radius 1 is 1.20 bits per heavy atom. The van der Waals surface area contributed by atoms with Crippen molar-refractivity contribution in [2.75, 3.05) is 0 Å². The van der Waals surface area contributed by atoms with Gasteiger partial charge in [0.15, 0.2) is 5.79 Å². The van der Waals surface area contributed by atoms with Crippen molar-refractivity contribution in [3.8, 4) is 0 Å². The van der Waals surface area contributed by atoms with Gasteiger partial charge in [-0.05, 0) is 42.7 Å². The molecule has 0 amide bonds. The van der Waals surface area contributed by atoms with Gasteiger partial charge in [0.25, 0.3) is 0 Å². The Bertz CT molecular complexity index is 772. The summed E-state index contributed by atoms with van der Waals surface area (Å²) in [6.07, 6.45) is 5.25. The van der Waals surface area contributed by atoms with Crippen molar-refractivity contribution in [3.05, 3.63) is 82.1 Å². The van der Waals surface area contributed by atoms with Crippen LogP contribution in [0.5, 0.6) is 0 Å². The smallest absolute Gasteiger partial charge is 0.183 e. The Labute approximate surface area is 157 Å². The largest absolute Gasteiger partial charge is 0.365 e. The molecule has 4 nitrogen and oxygen atoms in total. The van der Waals surface area contributed by atoms with Crippen molar-refractivity contribution >= 4 is 22.1 Å². The van der Waals surface area contributed by atoms with Crippen LogP contribution in [0.15, 0.2) is 76.0 Å². The van der Waals surface area contributed by atoms with Crippen LogP contribution < -0.4 is 16.4 Å². The van der Waals surface area contributed by atoms with Crippen molar-refractivity contribution in [1.82, 2.24) is 10.6 Å². The molecule has 2 aromatic carbocycles. The summed E-state index contributed by atoms with van der Waals surface area (Å²) < 4.78 is 1.08. The summed E-state index contributed by atoms with van der Waals surface area (Å²) in [7, 11) is 0. The highest BCUT2D eigenvalue weighted by Gasteiger charge is 2.26. The minimum Gasteiger partial charge on any atom is -0.365 e. The number of allylic oxidation sites excluding steroid dienone is 1. The minimum absolute atomic E-state index is 0.181. The molecule has 0 saturated heterocycles. The molecule has 2 unspecified atom stereocenters. The molecule has 130 valence electrons. The predicted octanol–water partition coefficient (Wildman–Crippen LogP) is 3.86. The highest BCUT2D eigenvalue weighted by atomic mass is 79.9. The molecule has 0 radical (unpaired) electrons. The van der Waals surface area contributed by atoms with Gasteiger partial charge in [-0.25, -0.2) is 0 Å². The molecular weight excluding hydrogens is 376 g/mol. The normalized spacial score (nSPS) is 20.5. The molecule has 2 aromatic rings. The molecule has 0 fully saturated rings. The van der Waals surface area contributed by atoms with Crippen LogP contribution in [-0.4, -0.2) is 12.0 Å². The number of nitrogens with zero attached hydrogens (tertiary/aromatic N) is 1. The number of benzene rings is 2. The second kappa shape index (κ2) is 7.85. The standard InChI is InChI=1S/C20H23BrN4/c1-15(17-7-3-2-4-8-17)24-19-11-13-23-20(22,25-19)12-10-16-6-5-9-18(21)14-16/h2-9,11,13-15,24-25H,10,12,22H2,1H3. The zero-order valence-electron chi connectivity index (χ0n) is 14.2. The second-order valence-corrected chi connectivity index (χ2v) is 7.23. The fraction of sp³-hybridized carbons (Fsp3) is 0.250. The van der Waals surface area contributed by atoms with E-state index in [1.807, 2.05) is 36.4 Å². The average Bonchev–Trinajstić information content (AvgIpc) is 2.61. The number of nitrogens with two attached hydrogens (primary N) is 1. The van der Waals surface area contributed by atoms with Crippen molar-refractivity contribution in [2.24, 2.45) is 10.7 Å². The molecule has 0 spiro atoms. The zero-order chi connectivity index (χ0) is 17.7. The molecular formula is C20H23BrN4. The Kier molecular flexibility index (Phi) is 5.56. The maximum Gasteiger partial charge on any atom is 0.183 e. The number of aryl methyl sites for hydroxylation is 1. The van der Waals surface area contributed by atoms with Crippen LogP contribution in [0.1, 0.15) is 30.5 Å². The van der Waals surface area contributed by atoms with Crippen LogP contribution >= 0.6 is 15.9 Å². The van der Waals surface area contributed by atoms with E-state index in [-0.39, 0.29) is 6.04 Å². The molecule has 0 aliphatic carbocycles. The fourth-order valence-corrected chi connectivity index (χ4v) is 3.30. The average molecular weight is 399 g/mol. The number of rotatable bonds is 6. The van der Waals surface area contributed by atoms with Crippen molar-refractivity contribution < 1.29 is 0 Å². The zero-order valence-corrected chi connectivity index (χ0v) is 15.8. The van der Waals surface area contributed by atoms with Crippen LogP contribution in [0.25, 0.3) is 0 Å². The van der Waals surface area contributed by atoms with Crippen LogP contribution in [0, 0.1) is 0 Å². The first-order valence-corrected chi connectivity index (χ1v) is 9.22. The first kappa shape index (κ1) is 17.7. The lowest BCUT2D eigenvalue weighted by Crippen LogP contribution is -2.55. The third-order valence-corrected chi connectivity index (χ3v) is 4.75. The Balaban J connectivity index is 1.60. The summed E-state index contributed by atoms with van der Waals surface area (Å²) >= 11 is 3.50. The predicted molar refractivity (Wildman–Crippen MR) is 107 cm³/mol. The van der Waals surface area contributed by atoms with Crippen molar-refractivity contribution in [2.45, 2.75) is 31.6 Å². The van der Waals surface area contributed by atoms with Gasteiger partial charge in [-0.1, -0.05) is 58.4 Å². The van der Waals surface area contributed by atoms with Gasteiger partial charge in [0, 0.05) is 23.1 Å². The summed E-state index contributed by atoms with van der Waals surface area (Å²) in [5.41, 5.74) is 8.91. The van der Waals surface area contributed by atoms with Gasteiger partial charge in [-0.2, -0.15) is 0 Å². The molecule has 25 heavy (non-hydrogen) atoms. The van der Waals surface area contributed by atoms with Crippen LogP contribution in [0.2, 0.25) is 0 Å². The molecule has 2 atom stereocenters. The van der Waals surface area contributed by atoms with E-state index in [1.165, 1.54) is 11.1 Å². The lowest BCUT2D eigenvalue weighted by molar-refractivity contribution is 0.338. The molecule has 3 rings (SSSR count). The van der Waals surface area contributed by atoms with Crippen LogP contribution in [-0.2, 0) is 6.42 Å². The van der Waals surface area contributed by atoms with E-state index in [0.29, 0.717) is 6.42 Å². The topological polar surface area (TPSA) is 62.4 Å². The lowest BCUT2D eigenvalue weighted by atomic mass is 10.1. The number of hydrogen-bond donors (Lipinski definition) is 3. The Hall–Kier alpha value is -2.11. The quantitative estimate of drug-likeness (QED) is 0.691. The van der Waals surface area contributed by atoms with E-state index < -0.39 is 5.79 Å². The maximum absolute atomic E-state index is 6.45. The number of nitrogens with one attached hydrogen (secondary N) is 2. The van der Waals surface area contributed by atoms with E-state index >= 15 is 0 Å². The Morgan fingerprint density at radius 2 is 2.00 bits per heavy atom. The summed E-state index contributed by atoms with van der Waals surface area (Å²) in [6.45, 7) is 2.13. The van der Waals surface area contributed by atoms with Crippen molar-refractivity contribution in [1.29, 1.82) is 0 Å². The van der Waals surface area contributed by atoms with E-state index in [1.54, 1.807) is 6.21 Å². The number of hydrogen-bond acceptors (Lipinski definition) is 4. The molecule has 1 aliphatic rings. The summed E-state index contributed by atoms with van der Waals surface area (Å²) in [5, 5.41) is 6.80. The Morgan fingerprint density at radius 3 is 2.76 bits per heavy atom. The van der Waals surface area contributed by atoms with Crippen LogP contribution in [0.3, 0.4) is 0 Å². The lowest BCUT2D eigenvalue weighted by Gasteiger charge is -2.32. The SMILES string of the molecule is CC(NC1=CC=NC(N)(CCc2cccc(Br)c2)N1)c1ccccc1. The number of halogens is 1. The van der Waals surface area contributed by atoms with Gasteiger partial charge in [0.05, 0.1) is 0 Å². The third-order valence-electron chi connectivity index (χ3n) is 4.25. The maximum atomic E-state index is 6.45. The van der Waals surface area contributed by atoms with E-state index in [0.717, 1.165) is 16.7 Å². The van der Waals surface area contributed by atoms with E-state index in [2.05, 4.69) is 62.7 Å². The molecule has 0 saturated carbocycles. The van der Waals surface area contributed by atoms with E-state index in [4.69, 9.17) is 5.73 Å². The van der Waals surface area contributed by atoms with Gasteiger partial charge in [0.2, 0.25) is 0 Å². The van der Waals surface area contributed by atoms with Crippen molar-refractivity contribution in [3.63, 3.8) is 0 Å².